The number of aromatic nitrogens is 2. The van der Waals surface area contributed by atoms with Gasteiger partial charge in [0.25, 0.3) is 0 Å². The number of rotatable bonds is 5. The Labute approximate surface area is 169 Å². The Bertz CT molecular complexity index is 983. The molecule has 4 rings (SSSR count). The van der Waals surface area contributed by atoms with Gasteiger partial charge in [-0.15, -0.1) is 11.3 Å². The third kappa shape index (κ3) is 4.39. The molecule has 0 amide bonds. The van der Waals surface area contributed by atoms with Gasteiger partial charge in [-0.3, -0.25) is 9.98 Å². The maximum Gasteiger partial charge on any atom is 0.206 e. The van der Waals surface area contributed by atoms with E-state index in [1.54, 1.807) is 30.9 Å². The van der Waals surface area contributed by atoms with Crippen LogP contribution in [-0.4, -0.2) is 29.0 Å². The third-order valence-corrected chi connectivity index (χ3v) is 5.76. The van der Waals surface area contributed by atoms with Crippen LogP contribution in [0.1, 0.15) is 37.8 Å². The smallest absolute Gasteiger partial charge is 0.206 e. The van der Waals surface area contributed by atoms with Crippen LogP contribution in [0.4, 0.5) is 0 Å². The summed E-state index contributed by atoms with van der Waals surface area (Å²) >= 11 is 1.64. The van der Waals surface area contributed by atoms with Crippen molar-refractivity contribution in [3.8, 4) is 17.0 Å². The average Bonchev–Trinajstić information content (AvgIpc) is 3.16. The van der Waals surface area contributed by atoms with E-state index in [1.807, 2.05) is 35.0 Å². The molecule has 5 nitrogen and oxygen atoms in total. The normalized spacial score (nSPS) is 16.0. The summed E-state index contributed by atoms with van der Waals surface area (Å²) in [5.74, 6) is 0.842. The van der Waals surface area contributed by atoms with Gasteiger partial charge in [0, 0.05) is 17.1 Å². The molecule has 1 saturated carbocycles. The molecule has 1 aliphatic rings. The SMILES string of the molecule is COc1ccc(-c2csc(=NC3CCCCC3)n2N=Cc2ccccn2)cc1. The second kappa shape index (κ2) is 8.97. The van der Waals surface area contributed by atoms with Gasteiger partial charge < -0.3 is 4.74 Å². The summed E-state index contributed by atoms with van der Waals surface area (Å²) in [7, 11) is 1.68. The molecule has 2 heterocycles. The van der Waals surface area contributed by atoms with Crippen LogP contribution in [0, 0.1) is 0 Å². The van der Waals surface area contributed by atoms with Gasteiger partial charge in [-0.1, -0.05) is 25.3 Å². The fourth-order valence-corrected chi connectivity index (χ4v) is 4.30. The van der Waals surface area contributed by atoms with E-state index in [0.717, 1.165) is 27.5 Å². The number of pyridine rings is 1. The van der Waals surface area contributed by atoms with Crippen LogP contribution in [0.2, 0.25) is 0 Å². The minimum atomic E-state index is 0.396. The lowest BCUT2D eigenvalue weighted by atomic mass is 9.96. The van der Waals surface area contributed by atoms with Crippen molar-refractivity contribution in [1.29, 1.82) is 0 Å². The van der Waals surface area contributed by atoms with Gasteiger partial charge in [-0.2, -0.15) is 5.10 Å². The number of methoxy groups -OCH3 is 1. The van der Waals surface area contributed by atoms with Gasteiger partial charge in [0.15, 0.2) is 0 Å². The van der Waals surface area contributed by atoms with Crippen LogP contribution in [-0.2, 0) is 0 Å². The average molecular weight is 393 g/mol. The number of hydrogen-bond donors (Lipinski definition) is 0. The summed E-state index contributed by atoms with van der Waals surface area (Å²) in [6.45, 7) is 0. The van der Waals surface area contributed by atoms with Gasteiger partial charge in [0.1, 0.15) is 5.75 Å². The first-order valence-corrected chi connectivity index (χ1v) is 10.6. The molecule has 0 unspecified atom stereocenters. The second-order valence-electron chi connectivity index (χ2n) is 6.86. The first-order valence-electron chi connectivity index (χ1n) is 9.68. The molecule has 144 valence electrons. The second-order valence-corrected chi connectivity index (χ2v) is 7.70. The van der Waals surface area contributed by atoms with Crippen molar-refractivity contribution < 1.29 is 4.74 Å². The number of hydrogen-bond acceptors (Lipinski definition) is 5. The highest BCUT2D eigenvalue weighted by Crippen LogP contribution is 2.24. The third-order valence-electron chi connectivity index (χ3n) is 4.93. The maximum atomic E-state index is 5.29. The lowest BCUT2D eigenvalue weighted by Crippen LogP contribution is -2.19. The molecule has 0 atom stereocenters. The quantitative estimate of drug-likeness (QED) is 0.589. The van der Waals surface area contributed by atoms with Crippen LogP contribution in [0.5, 0.6) is 5.75 Å². The van der Waals surface area contributed by atoms with Gasteiger partial charge in [0.2, 0.25) is 4.80 Å². The summed E-state index contributed by atoms with van der Waals surface area (Å²) in [5.41, 5.74) is 2.93. The number of nitrogens with zero attached hydrogens (tertiary/aromatic N) is 4. The zero-order valence-electron chi connectivity index (χ0n) is 16.0. The molecule has 0 bridgehead atoms. The molecule has 6 heteroatoms. The van der Waals surface area contributed by atoms with Gasteiger partial charge in [-0.25, -0.2) is 4.68 Å². The van der Waals surface area contributed by atoms with E-state index < -0.39 is 0 Å². The van der Waals surface area contributed by atoms with Crippen molar-refractivity contribution in [3.05, 3.63) is 64.5 Å². The Balaban J connectivity index is 1.74. The van der Waals surface area contributed by atoms with E-state index in [2.05, 4.69) is 22.5 Å². The van der Waals surface area contributed by atoms with Gasteiger partial charge in [0.05, 0.1) is 30.8 Å². The van der Waals surface area contributed by atoms with Crippen LogP contribution in [0.25, 0.3) is 11.3 Å². The topological polar surface area (TPSA) is 51.8 Å². The van der Waals surface area contributed by atoms with E-state index in [1.165, 1.54) is 32.1 Å². The first kappa shape index (κ1) is 18.6. The molecule has 28 heavy (non-hydrogen) atoms. The molecule has 0 aliphatic heterocycles. The van der Waals surface area contributed by atoms with E-state index in [0.29, 0.717) is 6.04 Å². The molecule has 2 aromatic heterocycles. The summed E-state index contributed by atoms with van der Waals surface area (Å²) in [4.78, 5) is 10.3. The maximum absolute atomic E-state index is 5.29. The highest BCUT2D eigenvalue weighted by Gasteiger charge is 2.14. The minimum Gasteiger partial charge on any atom is -0.497 e. The monoisotopic (exact) mass is 392 g/mol. The largest absolute Gasteiger partial charge is 0.497 e. The Kier molecular flexibility index (Phi) is 5.97. The first-order chi connectivity index (χ1) is 13.8. The minimum absolute atomic E-state index is 0.396. The lowest BCUT2D eigenvalue weighted by Gasteiger charge is -2.16. The highest BCUT2D eigenvalue weighted by atomic mass is 32.1. The molecular formula is C22H24N4OS. The molecule has 1 fully saturated rings. The van der Waals surface area contributed by atoms with Crippen LogP contribution in [0.3, 0.4) is 0 Å². The van der Waals surface area contributed by atoms with Crippen molar-refractivity contribution >= 4 is 17.6 Å². The van der Waals surface area contributed by atoms with Crippen LogP contribution < -0.4 is 9.54 Å². The van der Waals surface area contributed by atoms with E-state index in [4.69, 9.17) is 14.8 Å². The van der Waals surface area contributed by atoms with Crippen molar-refractivity contribution in [2.24, 2.45) is 10.1 Å². The standard InChI is InChI=1S/C22H24N4OS/c1-27-20-12-10-17(11-13-20)21-16-28-22(25-18-7-3-2-4-8-18)26(21)24-15-19-9-5-6-14-23-19/h5-6,9-16,18H,2-4,7-8H2,1H3. The summed E-state index contributed by atoms with van der Waals surface area (Å²) in [5, 5.41) is 6.86. The van der Waals surface area contributed by atoms with Crippen molar-refractivity contribution in [1.82, 2.24) is 9.66 Å². The molecule has 0 radical (unpaired) electrons. The molecule has 1 aliphatic carbocycles. The number of thiazole rings is 1. The Morgan fingerprint density at radius 1 is 1.11 bits per heavy atom. The van der Waals surface area contributed by atoms with Gasteiger partial charge in [-0.05, 0) is 49.2 Å². The summed E-state index contributed by atoms with van der Waals surface area (Å²) in [6.07, 6.45) is 9.76. The molecule has 0 spiro atoms. The molecular weight excluding hydrogens is 368 g/mol. The summed E-state index contributed by atoms with van der Waals surface area (Å²) < 4.78 is 7.23. The zero-order valence-corrected chi connectivity index (χ0v) is 16.8. The zero-order chi connectivity index (χ0) is 19.2. The molecule has 0 N–H and O–H groups in total. The highest BCUT2D eigenvalue weighted by molar-refractivity contribution is 7.07. The van der Waals surface area contributed by atoms with Gasteiger partial charge >= 0.3 is 0 Å². The van der Waals surface area contributed by atoms with E-state index in [-0.39, 0.29) is 0 Å². The fourth-order valence-electron chi connectivity index (χ4n) is 3.40. The number of benzene rings is 1. The van der Waals surface area contributed by atoms with E-state index >= 15 is 0 Å². The Morgan fingerprint density at radius 3 is 2.64 bits per heavy atom. The molecule has 3 aromatic rings. The number of ether oxygens (including phenoxy) is 1. The Hall–Kier alpha value is -2.73. The van der Waals surface area contributed by atoms with Crippen molar-refractivity contribution in [3.63, 3.8) is 0 Å². The van der Waals surface area contributed by atoms with Crippen LogP contribution >= 0.6 is 11.3 Å². The van der Waals surface area contributed by atoms with Crippen molar-refractivity contribution in [2.45, 2.75) is 38.1 Å². The van der Waals surface area contributed by atoms with Crippen molar-refractivity contribution in [2.75, 3.05) is 7.11 Å². The fraction of sp³-hybridized carbons (Fsp3) is 0.318. The Morgan fingerprint density at radius 2 is 1.93 bits per heavy atom. The van der Waals surface area contributed by atoms with E-state index in [9.17, 15) is 0 Å². The molecule has 0 saturated heterocycles. The lowest BCUT2D eigenvalue weighted by molar-refractivity contribution is 0.415. The van der Waals surface area contributed by atoms with Crippen LogP contribution in [0.15, 0.2) is 64.1 Å². The predicted molar refractivity (Wildman–Crippen MR) is 114 cm³/mol. The summed E-state index contributed by atoms with van der Waals surface area (Å²) in [6, 6.07) is 14.3. The molecule has 1 aromatic carbocycles. The predicted octanol–water partition coefficient (Wildman–Crippen LogP) is 4.74.